The first-order valence-corrected chi connectivity index (χ1v) is 7.87. The molecule has 0 radical (unpaired) electrons. The van der Waals surface area contributed by atoms with Crippen LogP contribution in [0.15, 0.2) is 0 Å². The van der Waals surface area contributed by atoms with Gasteiger partial charge in [-0.25, -0.2) is 0 Å². The van der Waals surface area contributed by atoms with E-state index in [0.717, 1.165) is 12.8 Å². The normalized spacial score (nSPS) is 10.5. The second-order valence-electron chi connectivity index (χ2n) is 4.65. The molecule has 0 aromatic rings. The first kappa shape index (κ1) is 21.7. The first-order valence-electron chi connectivity index (χ1n) is 7.87. The van der Waals surface area contributed by atoms with Crippen molar-refractivity contribution in [3.63, 3.8) is 0 Å². The number of carbonyl (C=O) groups excluding carboxylic acids is 2. The molecule has 0 aromatic heterocycles. The zero-order valence-electron chi connectivity index (χ0n) is 13.7. The summed E-state index contributed by atoms with van der Waals surface area (Å²) in [6, 6.07) is 0. The summed E-state index contributed by atoms with van der Waals surface area (Å²) in [4.78, 5) is 21.7. The first-order chi connectivity index (χ1) is 11.2. The quantitative estimate of drug-likeness (QED) is 0.239. The van der Waals surface area contributed by atoms with Crippen molar-refractivity contribution in [2.75, 3.05) is 65.8 Å². The largest absolute Gasteiger partial charge is 0.379 e. The minimum atomic E-state index is -0.157. The van der Waals surface area contributed by atoms with Crippen LogP contribution in [0.2, 0.25) is 0 Å². The highest BCUT2D eigenvalue weighted by Gasteiger charge is 1.97. The molecule has 0 rings (SSSR count). The standard InChI is InChI=1S/C14H30N4O5/c15-11-13(19)17-3-1-5-21-7-9-23-10-8-22-6-2-4-18-14(20)12-16/h1-12,15-16H2,(H,17,19)(H,18,20). The summed E-state index contributed by atoms with van der Waals surface area (Å²) in [6.07, 6.45) is 1.49. The van der Waals surface area contributed by atoms with Gasteiger partial charge in [0.1, 0.15) is 0 Å². The van der Waals surface area contributed by atoms with Crippen molar-refractivity contribution in [1.82, 2.24) is 10.6 Å². The van der Waals surface area contributed by atoms with E-state index in [0.29, 0.717) is 52.7 Å². The molecule has 0 fully saturated rings. The van der Waals surface area contributed by atoms with E-state index in [1.807, 2.05) is 0 Å². The van der Waals surface area contributed by atoms with Crippen molar-refractivity contribution in [1.29, 1.82) is 0 Å². The Balaban J connectivity index is 3.05. The Kier molecular flexibility index (Phi) is 16.2. The number of hydrogen-bond acceptors (Lipinski definition) is 7. The Labute approximate surface area is 137 Å². The molecule has 0 aliphatic carbocycles. The summed E-state index contributed by atoms with van der Waals surface area (Å²) >= 11 is 0. The van der Waals surface area contributed by atoms with Crippen LogP contribution in [0.25, 0.3) is 0 Å². The van der Waals surface area contributed by atoms with Gasteiger partial charge in [-0.2, -0.15) is 0 Å². The molecule has 0 aliphatic heterocycles. The van der Waals surface area contributed by atoms with Gasteiger partial charge < -0.3 is 36.3 Å². The second-order valence-corrected chi connectivity index (χ2v) is 4.65. The van der Waals surface area contributed by atoms with E-state index in [1.54, 1.807) is 0 Å². The van der Waals surface area contributed by atoms with Gasteiger partial charge in [0.2, 0.25) is 11.8 Å². The molecular formula is C14H30N4O5. The molecule has 2 amide bonds. The number of ether oxygens (including phenoxy) is 3. The zero-order chi connectivity index (χ0) is 17.2. The Morgan fingerprint density at radius 3 is 1.35 bits per heavy atom. The molecule has 6 N–H and O–H groups in total. The van der Waals surface area contributed by atoms with E-state index in [2.05, 4.69) is 10.6 Å². The summed E-state index contributed by atoms with van der Waals surface area (Å²) in [5, 5.41) is 5.32. The van der Waals surface area contributed by atoms with Gasteiger partial charge in [-0.1, -0.05) is 0 Å². The summed E-state index contributed by atoms with van der Waals surface area (Å²) < 4.78 is 16.0. The Bertz CT molecular complexity index is 277. The minimum absolute atomic E-state index is 0.0130. The fraction of sp³-hybridized carbons (Fsp3) is 0.857. The van der Waals surface area contributed by atoms with Crippen molar-refractivity contribution in [3.05, 3.63) is 0 Å². The molecular weight excluding hydrogens is 304 g/mol. The zero-order valence-corrected chi connectivity index (χ0v) is 13.7. The van der Waals surface area contributed by atoms with Crippen molar-refractivity contribution in [3.8, 4) is 0 Å². The molecule has 0 unspecified atom stereocenters. The number of nitrogens with one attached hydrogen (secondary N) is 2. The lowest BCUT2D eigenvalue weighted by molar-refractivity contribution is -0.120. The van der Waals surface area contributed by atoms with Gasteiger partial charge >= 0.3 is 0 Å². The van der Waals surface area contributed by atoms with Crippen molar-refractivity contribution >= 4 is 11.8 Å². The van der Waals surface area contributed by atoms with Crippen LogP contribution in [-0.2, 0) is 23.8 Å². The van der Waals surface area contributed by atoms with Gasteiger partial charge in [-0.15, -0.1) is 0 Å². The van der Waals surface area contributed by atoms with Crippen molar-refractivity contribution in [2.45, 2.75) is 12.8 Å². The average Bonchev–Trinajstić information content (AvgIpc) is 2.57. The summed E-state index contributed by atoms with van der Waals surface area (Å²) in [7, 11) is 0. The Morgan fingerprint density at radius 2 is 1.00 bits per heavy atom. The predicted molar refractivity (Wildman–Crippen MR) is 85.8 cm³/mol. The smallest absolute Gasteiger partial charge is 0.233 e. The van der Waals surface area contributed by atoms with E-state index in [4.69, 9.17) is 25.7 Å². The number of carbonyl (C=O) groups is 2. The lowest BCUT2D eigenvalue weighted by atomic mass is 10.4. The third-order valence-electron chi connectivity index (χ3n) is 2.69. The molecule has 0 aromatic carbocycles. The van der Waals surface area contributed by atoms with Crippen molar-refractivity contribution in [2.24, 2.45) is 11.5 Å². The van der Waals surface area contributed by atoms with Gasteiger partial charge in [0.05, 0.1) is 39.5 Å². The maximum absolute atomic E-state index is 10.8. The van der Waals surface area contributed by atoms with Crippen LogP contribution in [0.4, 0.5) is 0 Å². The highest BCUT2D eigenvalue weighted by Crippen LogP contribution is 1.85. The fourth-order valence-electron chi connectivity index (χ4n) is 1.49. The van der Waals surface area contributed by atoms with E-state index in [1.165, 1.54) is 0 Å². The highest BCUT2D eigenvalue weighted by molar-refractivity contribution is 5.77. The summed E-state index contributed by atoms with van der Waals surface area (Å²) in [5.41, 5.74) is 10.3. The highest BCUT2D eigenvalue weighted by atomic mass is 16.5. The second kappa shape index (κ2) is 17.1. The monoisotopic (exact) mass is 334 g/mol. The van der Waals surface area contributed by atoms with Crippen LogP contribution in [0.5, 0.6) is 0 Å². The number of hydrogen-bond donors (Lipinski definition) is 4. The van der Waals surface area contributed by atoms with Gasteiger partial charge in [-0.05, 0) is 12.8 Å². The molecule has 0 heterocycles. The number of amides is 2. The van der Waals surface area contributed by atoms with Gasteiger partial charge in [-0.3, -0.25) is 9.59 Å². The molecule has 0 aliphatic rings. The average molecular weight is 334 g/mol. The Hall–Kier alpha value is -1.26. The van der Waals surface area contributed by atoms with E-state index in [-0.39, 0.29) is 24.9 Å². The van der Waals surface area contributed by atoms with Crippen molar-refractivity contribution < 1.29 is 23.8 Å². The molecule has 9 nitrogen and oxygen atoms in total. The molecule has 0 saturated heterocycles. The molecule has 9 heteroatoms. The van der Waals surface area contributed by atoms with Crippen LogP contribution >= 0.6 is 0 Å². The molecule has 0 atom stereocenters. The minimum Gasteiger partial charge on any atom is -0.379 e. The van der Waals surface area contributed by atoms with E-state index in [9.17, 15) is 9.59 Å². The number of nitrogens with two attached hydrogens (primary N) is 2. The van der Waals surface area contributed by atoms with Gasteiger partial charge in [0, 0.05) is 26.3 Å². The van der Waals surface area contributed by atoms with Crippen LogP contribution < -0.4 is 22.1 Å². The topological polar surface area (TPSA) is 138 Å². The lowest BCUT2D eigenvalue weighted by Crippen LogP contribution is -2.31. The van der Waals surface area contributed by atoms with Gasteiger partial charge in [0.25, 0.3) is 0 Å². The fourth-order valence-corrected chi connectivity index (χ4v) is 1.49. The lowest BCUT2D eigenvalue weighted by Gasteiger charge is -2.07. The number of rotatable bonds is 16. The molecule has 136 valence electrons. The molecule has 0 saturated carbocycles. The third kappa shape index (κ3) is 16.9. The molecule has 23 heavy (non-hydrogen) atoms. The van der Waals surface area contributed by atoms with E-state index >= 15 is 0 Å². The maximum Gasteiger partial charge on any atom is 0.233 e. The van der Waals surface area contributed by atoms with Crippen LogP contribution in [0.1, 0.15) is 12.8 Å². The van der Waals surface area contributed by atoms with Gasteiger partial charge in [0.15, 0.2) is 0 Å². The summed E-state index contributed by atoms with van der Waals surface area (Å²) in [5.74, 6) is -0.315. The van der Waals surface area contributed by atoms with Crippen LogP contribution in [0, 0.1) is 0 Å². The molecule has 0 spiro atoms. The SMILES string of the molecule is NCC(=O)NCCCOCCOCCOCCCNC(=O)CN. The van der Waals surface area contributed by atoms with E-state index < -0.39 is 0 Å². The summed E-state index contributed by atoms with van der Waals surface area (Å²) in [6.45, 7) is 4.33. The molecule has 0 bridgehead atoms. The third-order valence-corrected chi connectivity index (χ3v) is 2.69. The maximum atomic E-state index is 10.8. The van der Waals surface area contributed by atoms with Crippen LogP contribution in [-0.4, -0.2) is 77.6 Å². The predicted octanol–water partition coefficient (Wildman–Crippen LogP) is -2.03. The van der Waals surface area contributed by atoms with Crippen LogP contribution in [0.3, 0.4) is 0 Å². The Morgan fingerprint density at radius 1 is 0.652 bits per heavy atom.